The van der Waals surface area contributed by atoms with Gasteiger partial charge in [-0.25, -0.2) is 0 Å². The Morgan fingerprint density at radius 1 is 1.05 bits per heavy atom. The van der Waals surface area contributed by atoms with E-state index in [9.17, 15) is 0 Å². The predicted octanol–water partition coefficient (Wildman–Crippen LogP) is 5.80. The monoisotopic (exact) mass is 543 g/mol. The van der Waals surface area contributed by atoms with E-state index in [1.165, 1.54) is 46.3 Å². The molecule has 0 saturated carbocycles. The lowest BCUT2D eigenvalue weighted by Crippen LogP contribution is -2.40. The van der Waals surface area contributed by atoms with Crippen molar-refractivity contribution in [3.05, 3.63) is 65.5 Å². The van der Waals surface area contributed by atoms with Crippen LogP contribution in [0.25, 0.3) is 21.8 Å². The number of nitrogens with two attached hydrogens (primary N) is 1. The van der Waals surface area contributed by atoms with Gasteiger partial charge in [0.1, 0.15) is 5.75 Å². The molecule has 200 valence electrons. The molecule has 37 heavy (non-hydrogen) atoms. The predicted molar refractivity (Wildman–Crippen MR) is 160 cm³/mol. The number of nitrogens with one attached hydrogen (secondary N) is 3. The summed E-state index contributed by atoms with van der Waals surface area (Å²) in [4.78, 5) is 8.35. The van der Waals surface area contributed by atoms with Gasteiger partial charge < -0.3 is 26.1 Å². The minimum atomic E-state index is 0. The van der Waals surface area contributed by atoms with E-state index in [2.05, 4.69) is 65.1 Å². The lowest BCUT2D eigenvalue weighted by atomic mass is 9.92. The van der Waals surface area contributed by atoms with Crippen molar-refractivity contribution in [3.63, 3.8) is 0 Å². The molecule has 2 unspecified atom stereocenters. The number of aryl methyl sites for hydroxylation is 1. The molecular weight excluding hydrogens is 505 g/mol. The molecule has 0 amide bonds. The Hall–Kier alpha value is -2.51. The van der Waals surface area contributed by atoms with Crippen molar-refractivity contribution >= 4 is 52.3 Å². The maximum atomic E-state index is 6.51. The van der Waals surface area contributed by atoms with Gasteiger partial charge in [0.05, 0.1) is 12.6 Å². The van der Waals surface area contributed by atoms with Crippen molar-refractivity contribution in [1.29, 1.82) is 0 Å². The van der Waals surface area contributed by atoms with Crippen LogP contribution in [0.4, 0.5) is 5.69 Å². The molecule has 5 N–H and O–H groups in total. The number of rotatable bonds is 10. The highest BCUT2D eigenvalue weighted by Gasteiger charge is 2.20. The fourth-order valence-electron chi connectivity index (χ4n) is 5.29. The van der Waals surface area contributed by atoms with E-state index >= 15 is 0 Å². The van der Waals surface area contributed by atoms with Gasteiger partial charge in [0.25, 0.3) is 0 Å². The minimum absolute atomic E-state index is 0. The Morgan fingerprint density at radius 3 is 2.68 bits per heavy atom. The SMILES string of the molecule is CCC(CNCC(N)Cc1c[nH]c2ccccc12)Nc1c2c(nc3ccc(OC)cc13)CCCC2.Cl.Cl. The smallest absolute Gasteiger partial charge is 0.119 e. The van der Waals surface area contributed by atoms with Gasteiger partial charge in [-0.1, -0.05) is 25.1 Å². The lowest BCUT2D eigenvalue weighted by Gasteiger charge is -2.26. The number of benzene rings is 2. The zero-order valence-corrected chi connectivity index (χ0v) is 23.3. The first-order valence-electron chi connectivity index (χ1n) is 12.9. The molecule has 2 heterocycles. The number of H-pyrrole nitrogens is 1. The average molecular weight is 545 g/mol. The largest absolute Gasteiger partial charge is 0.497 e. The fraction of sp³-hybridized carbons (Fsp3) is 0.414. The summed E-state index contributed by atoms with van der Waals surface area (Å²) in [5.74, 6) is 0.868. The summed E-state index contributed by atoms with van der Waals surface area (Å²) >= 11 is 0. The van der Waals surface area contributed by atoms with E-state index in [0.717, 1.165) is 55.4 Å². The Balaban J connectivity index is 0.00000190. The second kappa shape index (κ2) is 13.3. The van der Waals surface area contributed by atoms with Gasteiger partial charge in [0, 0.05) is 59.0 Å². The molecule has 6 nitrogen and oxygen atoms in total. The molecule has 0 aliphatic heterocycles. The number of pyridine rings is 1. The van der Waals surface area contributed by atoms with Crippen LogP contribution in [0, 0.1) is 0 Å². The molecule has 5 rings (SSSR count). The van der Waals surface area contributed by atoms with Gasteiger partial charge >= 0.3 is 0 Å². The van der Waals surface area contributed by atoms with E-state index in [1.54, 1.807) is 7.11 Å². The van der Waals surface area contributed by atoms with Crippen LogP contribution in [0.5, 0.6) is 5.75 Å². The average Bonchev–Trinajstić information content (AvgIpc) is 3.30. The van der Waals surface area contributed by atoms with Crippen LogP contribution in [0.3, 0.4) is 0 Å². The highest BCUT2D eigenvalue weighted by molar-refractivity contribution is 5.94. The number of para-hydroxylation sites is 1. The van der Waals surface area contributed by atoms with Crippen molar-refractivity contribution in [2.45, 2.75) is 57.5 Å². The zero-order valence-electron chi connectivity index (χ0n) is 21.7. The molecule has 8 heteroatoms. The maximum absolute atomic E-state index is 6.51. The van der Waals surface area contributed by atoms with Gasteiger partial charge in [-0.05, 0) is 73.9 Å². The fourth-order valence-corrected chi connectivity index (χ4v) is 5.29. The Bertz CT molecular complexity index is 1310. The number of nitrogens with zero attached hydrogens (tertiary/aromatic N) is 1. The second-order valence-corrected chi connectivity index (χ2v) is 9.73. The zero-order chi connectivity index (χ0) is 24.2. The van der Waals surface area contributed by atoms with E-state index in [1.807, 2.05) is 6.07 Å². The van der Waals surface area contributed by atoms with Gasteiger partial charge in [-0.15, -0.1) is 24.8 Å². The standard InChI is InChI=1S/C29H37N5O.2ClH/c1-3-21(18-31-17-20(30)14-19-16-32-26-10-6-4-8-23(19)26)33-29-24-9-5-7-11-27(24)34-28-13-12-22(35-2)15-25(28)29;;/h4,6,8,10,12-13,15-16,20-21,31-32H,3,5,7,9,11,14,17-18,30H2,1-2H3,(H,33,34);2*1H. The third kappa shape index (κ3) is 6.50. The van der Waals surface area contributed by atoms with Crippen molar-refractivity contribution in [3.8, 4) is 5.75 Å². The van der Waals surface area contributed by atoms with Gasteiger partial charge in [0.15, 0.2) is 0 Å². The molecule has 0 bridgehead atoms. The minimum Gasteiger partial charge on any atom is -0.497 e. The molecular formula is C29H39Cl2N5O. The molecule has 1 aliphatic carbocycles. The molecule has 1 aliphatic rings. The lowest BCUT2D eigenvalue weighted by molar-refractivity contribution is 0.415. The topological polar surface area (TPSA) is 88.0 Å². The third-order valence-electron chi connectivity index (χ3n) is 7.26. The van der Waals surface area contributed by atoms with Crippen molar-refractivity contribution < 1.29 is 4.74 Å². The first-order chi connectivity index (χ1) is 17.2. The molecule has 0 radical (unpaired) electrons. The number of ether oxygens (including phenoxy) is 1. The van der Waals surface area contributed by atoms with E-state index in [0.29, 0.717) is 6.04 Å². The molecule has 2 aromatic carbocycles. The summed E-state index contributed by atoms with van der Waals surface area (Å²) in [5, 5.41) is 9.94. The Morgan fingerprint density at radius 2 is 1.86 bits per heavy atom. The van der Waals surface area contributed by atoms with Crippen molar-refractivity contribution in [1.82, 2.24) is 15.3 Å². The van der Waals surface area contributed by atoms with E-state index in [4.69, 9.17) is 15.5 Å². The molecule has 4 aromatic rings. The quantitative estimate of drug-likeness (QED) is 0.203. The van der Waals surface area contributed by atoms with Crippen molar-refractivity contribution in [2.75, 3.05) is 25.5 Å². The van der Waals surface area contributed by atoms with Crippen LogP contribution in [-0.2, 0) is 19.3 Å². The summed E-state index contributed by atoms with van der Waals surface area (Å²) < 4.78 is 5.53. The molecule has 0 spiro atoms. The number of aromatic nitrogens is 2. The summed E-state index contributed by atoms with van der Waals surface area (Å²) in [6.07, 6.45) is 8.54. The number of fused-ring (bicyclic) bond motifs is 3. The number of aromatic amines is 1. The van der Waals surface area contributed by atoms with E-state index < -0.39 is 0 Å². The highest BCUT2D eigenvalue weighted by atomic mass is 35.5. The van der Waals surface area contributed by atoms with Crippen LogP contribution in [-0.4, -0.2) is 42.3 Å². The molecule has 2 atom stereocenters. The Kier molecular flexibility index (Phi) is 10.5. The van der Waals surface area contributed by atoms with Gasteiger partial charge in [-0.2, -0.15) is 0 Å². The third-order valence-corrected chi connectivity index (χ3v) is 7.26. The second-order valence-electron chi connectivity index (χ2n) is 9.73. The van der Waals surface area contributed by atoms with Crippen molar-refractivity contribution in [2.24, 2.45) is 5.73 Å². The van der Waals surface area contributed by atoms with Crippen LogP contribution < -0.4 is 21.1 Å². The number of hydrogen-bond donors (Lipinski definition) is 4. The number of hydrogen-bond acceptors (Lipinski definition) is 5. The first kappa shape index (κ1) is 29.1. The number of anilines is 1. The molecule has 0 saturated heterocycles. The van der Waals surface area contributed by atoms with Crippen LogP contribution in [0.15, 0.2) is 48.7 Å². The van der Waals surface area contributed by atoms with Gasteiger partial charge in [-0.3, -0.25) is 4.98 Å². The summed E-state index contributed by atoms with van der Waals surface area (Å²) in [6, 6.07) is 15.0. The van der Waals surface area contributed by atoms with Crippen LogP contribution in [0.1, 0.15) is 43.0 Å². The van der Waals surface area contributed by atoms with Gasteiger partial charge in [0.2, 0.25) is 0 Å². The van der Waals surface area contributed by atoms with Crippen LogP contribution >= 0.6 is 24.8 Å². The molecule has 0 fully saturated rings. The normalized spacial score (nSPS) is 14.4. The number of halogens is 2. The highest BCUT2D eigenvalue weighted by Crippen LogP contribution is 2.35. The Labute approximate surface area is 232 Å². The first-order valence-corrected chi connectivity index (χ1v) is 12.9. The summed E-state index contributed by atoms with van der Waals surface area (Å²) in [7, 11) is 1.72. The van der Waals surface area contributed by atoms with E-state index in [-0.39, 0.29) is 30.9 Å². The number of methoxy groups -OCH3 is 1. The van der Waals surface area contributed by atoms with Crippen LogP contribution in [0.2, 0.25) is 0 Å². The summed E-state index contributed by atoms with van der Waals surface area (Å²) in [5.41, 5.74) is 13.9. The molecule has 2 aromatic heterocycles. The maximum Gasteiger partial charge on any atom is 0.119 e. The summed E-state index contributed by atoms with van der Waals surface area (Å²) in [6.45, 7) is 3.88.